The molecule has 0 aliphatic heterocycles. The molecule has 2 unspecified atom stereocenters. The molecule has 2 rings (SSSR count). The number of hydrogen-bond acceptors (Lipinski definition) is 2. The fourth-order valence-corrected chi connectivity index (χ4v) is 2.50. The summed E-state index contributed by atoms with van der Waals surface area (Å²) < 4.78 is 0. The van der Waals surface area contributed by atoms with Gasteiger partial charge in [-0.05, 0) is 37.7 Å². The van der Waals surface area contributed by atoms with Crippen LogP contribution in [0.4, 0.5) is 4.79 Å². The maximum Gasteiger partial charge on any atom is 0.338 e. The molecule has 2 amide bonds. The highest BCUT2D eigenvalue weighted by Gasteiger charge is 2.31. The van der Waals surface area contributed by atoms with Gasteiger partial charge in [-0.2, -0.15) is 0 Å². The zero-order valence-corrected chi connectivity index (χ0v) is 9.97. The number of amides is 2. The normalized spacial score (nSPS) is 23.6. The Hall–Kier alpha value is -1.55. The van der Waals surface area contributed by atoms with E-state index in [2.05, 4.69) is 31.2 Å². The van der Waals surface area contributed by atoms with Gasteiger partial charge < -0.3 is 5.73 Å². The van der Waals surface area contributed by atoms with E-state index < -0.39 is 6.03 Å². The minimum Gasteiger partial charge on any atom is -0.350 e. The number of primary amides is 1. The third-order valence-corrected chi connectivity index (χ3v) is 3.53. The fourth-order valence-electron chi connectivity index (χ4n) is 2.50. The van der Waals surface area contributed by atoms with Crippen molar-refractivity contribution < 1.29 is 10.0 Å². The van der Waals surface area contributed by atoms with Gasteiger partial charge in [-0.25, -0.2) is 9.86 Å². The lowest BCUT2D eigenvalue weighted by atomic mass is 9.96. The second-order valence-corrected chi connectivity index (χ2v) is 4.76. The second-order valence-electron chi connectivity index (χ2n) is 4.76. The maximum atomic E-state index is 10.9. The Morgan fingerprint density at radius 2 is 2.00 bits per heavy atom. The van der Waals surface area contributed by atoms with E-state index in [9.17, 15) is 10.0 Å². The predicted molar refractivity (Wildman–Crippen MR) is 64.8 cm³/mol. The first-order valence-corrected chi connectivity index (χ1v) is 5.92. The highest BCUT2D eigenvalue weighted by Crippen LogP contribution is 2.36. The van der Waals surface area contributed by atoms with E-state index in [-0.39, 0.29) is 6.04 Å². The van der Waals surface area contributed by atoms with Crippen LogP contribution in [-0.2, 0) is 0 Å². The minimum absolute atomic E-state index is 0.140. The largest absolute Gasteiger partial charge is 0.350 e. The number of carbonyl (C=O) groups excluding carboxylic acids is 1. The Bertz CT molecular complexity index is 402. The van der Waals surface area contributed by atoms with Crippen molar-refractivity contribution in [3.05, 3.63) is 35.4 Å². The Balaban J connectivity index is 2.02. The van der Waals surface area contributed by atoms with Crippen molar-refractivity contribution in [2.75, 3.05) is 0 Å². The summed E-state index contributed by atoms with van der Waals surface area (Å²) in [5.41, 5.74) is 7.57. The van der Waals surface area contributed by atoms with Crippen molar-refractivity contribution >= 4 is 6.03 Å². The van der Waals surface area contributed by atoms with Crippen molar-refractivity contribution in [2.24, 2.45) is 5.73 Å². The van der Waals surface area contributed by atoms with E-state index in [4.69, 9.17) is 5.73 Å². The van der Waals surface area contributed by atoms with Crippen molar-refractivity contribution in [3.63, 3.8) is 0 Å². The number of aryl methyl sites for hydroxylation is 1. The Kier molecular flexibility index (Phi) is 3.33. The van der Waals surface area contributed by atoms with Gasteiger partial charge in [0.2, 0.25) is 0 Å². The lowest BCUT2D eigenvalue weighted by Gasteiger charge is -2.19. The van der Waals surface area contributed by atoms with Gasteiger partial charge >= 0.3 is 6.03 Å². The number of hydroxylamine groups is 2. The molecule has 3 N–H and O–H groups in total. The lowest BCUT2D eigenvalue weighted by molar-refractivity contribution is -0.0730. The third kappa shape index (κ3) is 2.58. The van der Waals surface area contributed by atoms with Gasteiger partial charge in [0.25, 0.3) is 0 Å². The topological polar surface area (TPSA) is 66.6 Å². The van der Waals surface area contributed by atoms with Crippen LogP contribution in [-0.4, -0.2) is 22.3 Å². The van der Waals surface area contributed by atoms with Crippen molar-refractivity contribution in [1.82, 2.24) is 5.06 Å². The molecule has 17 heavy (non-hydrogen) atoms. The zero-order chi connectivity index (χ0) is 12.4. The molecule has 1 saturated carbocycles. The van der Waals surface area contributed by atoms with E-state index in [0.717, 1.165) is 19.3 Å². The van der Waals surface area contributed by atoms with E-state index >= 15 is 0 Å². The molecule has 1 aliphatic rings. The third-order valence-electron chi connectivity index (χ3n) is 3.53. The molecule has 4 heteroatoms. The molecule has 4 nitrogen and oxygen atoms in total. The van der Waals surface area contributed by atoms with Crippen LogP contribution in [0.1, 0.15) is 36.3 Å². The van der Waals surface area contributed by atoms with Crippen LogP contribution < -0.4 is 5.73 Å². The van der Waals surface area contributed by atoms with Crippen molar-refractivity contribution in [3.8, 4) is 0 Å². The molecule has 0 bridgehead atoms. The smallest absolute Gasteiger partial charge is 0.338 e. The standard InChI is InChI=1S/C13H18N2O2/c1-9-2-4-10(5-3-9)11-6-7-12(8-11)15(17)13(14)16/h2-5,11-12,17H,6-8H2,1H3,(H2,14,16). The molecule has 1 aromatic carbocycles. The number of rotatable bonds is 2. The summed E-state index contributed by atoms with van der Waals surface area (Å²) in [6, 6.07) is 7.52. The average molecular weight is 234 g/mol. The van der Waals surface area contributed by atoms with Gasteiger partial charge in [0.05, 0.1) is 6.04 Å². The molecule has 2 atom stereocenters. The number of urea groups is 1. The van der Waals surface area contributed by atoms with Gasteiger partial charge in [0, 0.05) is 0 Å². The van der Waals surface area contributed by atoms with E-state index in [0.29, 0.717) is 11.0 Å². The quantitative estimate of drug-likeness (QED) is 0.609. The molecule has 1 aromatic rings. The van der Waals surface area contributed by atoms with Crippen LogP contribution in [0.5, 0.6) is 0 Å². The molecule has 92 valence electrons. The molecule has 0 aromatic heterocycles. The van der Waals surface area contributed by atoms with Crippen LogP contribution in [0.25, 0.3) is 0 Å². The molecule has 0 saturated heterocycles. The Morgan fingerprint density at radius 3 is 2.59 bits per heavy atom. The SMILES string of the molecule is Cc1ccc(C2CCC(N(O)C(N)=O)C2)cc1. The summed E-state index contributed by atoms with van der Waals surface area (Å²) >= 11 is 0. The van der Waals surface area contributed by atoms with E-state index in [1.807, 2.05) is 0 Å². The zero-order valence-electron chi connectivity index (χ0n) is 9.97. The fraction of sp³-hybridized carbons (Fsp3) is 0.462. The van der Waals surface area contributed by atoms with Crippen LogP contribution in [0.2, 0.25) is 0 Å². The Morgan fingerprint density at radius 1 is 1.35 bits per heavy atom. The van der Waals surface area contributed by atoms with Crippen LogP contribution in [0.15, 0.2) is 24.3 Å². The molecule has 0 heterocycles. The molecular weight excluding hydrogens is 216 g/mol. The van der Waals surface area contributed by atoms with Crippen LogP contribution >= 0.6 is 0 Å². The number of nitrogens with two attached hydrogens (primary N) is 1. The summed E-state index contributed by atoms with van der Waals surface area (Å²) in [6.45, 7) is 2.06. The molecule has 1 fully saturated rings. The van der Waals surface area contributed by atoms with Crippen LogP contribution in [0, 0.1) is 6.92 Å². The highest BCUT2D eigenvalue weighted by molar-refractivity contribution is 5.70. The predicted octanol–water partition coefficient (Wildman–Crippen LogP) is 2.40. The van der Waals surface area contributed by atoms with Gasteiger partial charge in [0.15, 0.2) is 0 Å². The maximum absolute atomic E-state index is 10.9. The first-order chi connectivity index (χ1) is 8.08. The second kappa shape index (κ2) is 4.75. The monoisotopic (exact) mass is 234 g/mol. The van der Waals surface area contributed by atoms with E-state index in [1.54, 1.807) is 0 Å². The molecule has 0 spiro atoms. The Labute approximate surface area is 101 Å². The van der Waals surface area contributed by atoms with E-state index in [1.165, 1.54) is 11.1 Å². The summed E-state index contributed by atoms with van der Waals surface area (Å²) in [6.07, 6.45) is 2.57. The molecule has 1 aliphatic carbocycles. The van der Waals surface area contributed by atoms with Gasteiger partial charge in [0.1, 0.15) is 0 Å². The molecular formula is C13H18N2O2. The summed E-state index contributed by atoms with van der Waals surface area (Å²) in [5, 5.41) is 10.2. The number of benzene rings is 1. The minimum atomic E-state index is -0.764. The highest BCUT2D eigenvalue weighted by atomic mass is 16.5. The number of hydrogen-bond donors (Lipinski definition) is 2. The first kappa shape index (κ1) is 11.9. The van der Waals surface area contributed by atoms with Gasteiger partial charge in [-0.1, -0.05) is 29.8 Å². The summed E-state index contributed by atoms with van der Waals surface area (Å²) in [5.74, 6) is 0.412. The van der Waals surface area contributed by atoms with Crippen LogP contribution in [0.3, 0.4) is 0 Å². The lowest BCUT2D eigenvalue weighted by Crippen LogP contribution is -2.39. The van der Waals surface area contributed by atoms with Gasteiger partial charge in [-0.15, -0.1) is 0 Å². The first-order valence-electron chi connectivity index (χ1n) is 5.92. The molecule has 0 radical (unpaired) electrons. The average Bonchev–Trinajstić information content (AvgIpc) is 2.78. The summed E-state index contributed by atoms with van der Waals surface area (Å²) in [7, 11) is 0. The summed E-state index contributed by atoms with van der Waals surface area (Å²) in [4.78, 5) is 10.9. The van der Waals surface area contributed by atoms with Gasteiger partial charge in [-0.3, -0.25) is 5.21 Å². The van der Waals surface area contributed by atoms with Crippen molar-refractivity contribution in [2.45, 2.75) is 38.1 Å². The number of carbonyl (C=O) groups is 1. The number of nitrogens with zero attached hydrogens (tertiary/aromatic N) is 1. The van der Waals surface area contributed by atoms with Crippen molar-refractivity contribution in [1.29, 1.82) is 0 Å².